The maximum absolute atomic E-state index is 11.9. The van der Waals surface area contributed by atoms with Crippen molar-refractivity contribution in [2.24, 2.45) is 0 Å². The molecule has 0 aliphatic carbocycles. The predicted molar refractivity (Wildman–Crippen MR) is 62.3 cm³/mol. The lowest BCUT2D eigenvalue weighted by Gasteiger charge is -2.34. The topological polar surface area (TPSA) is 42.4 Å². The second kappa shape index (κ2) is 5.41. The van der Waals surface area contributed by atoms with Crippen molar-refractivity contribution in [3.05, 3.63) is 16.6 Å². The number of ether oxygens (including phenoxy) is 1. The van der Waals surface area contributed by atoms with Gasteiger partial charge in [-0.25, -0.2) is 4.98 Å². The monoisotopic (exact) mass is 240 g/mol. The summed E-state index contributed by atoms with van der Waals surface area (Å²) in [5.41, 5.74) is 0. The average Bonchev–Trinajstić information content (AvgIpc) is 2.83. The van der Waals surface area contributed by atoms with E-state index in [9.17, 15) is 4.79 Å². The Morgan fingerprint density at radius 1 is 1.69 bits per heavy atom. The molecule has 0 radical (unpaired) electrons. The highest BCUT2D eigenvalue weighted by atomic mass is 32.1. The highest BCUT2D eigenvalue weighted by Gasteiger charge is 2.29. The second-order valence-corrected chi connectivity index (χ2v) is 4.83. The smallest absolute Gasteiger partial charge is 0.249 e. The van der Waals surface area contributed by atoms with Gasteiger partial charge in [-0.3, -0.25) is 4.79 Å². The molecule has 16 heavy (non-hydrogen) atoms. The first kappa shape index (κ1) is 11.5. The van der Waals surface area contributed by atoms with Gasteiger partial charge in [0, 0.05) is 25.2 Å². The van der Waals surface area contributed by atoms with E-state index in [1.165, 1.54) is 6.42 Å². The van der Waals surface area contributed by atoms with Gasteiger partial charge in [0.1, 0.15) is 11.6 Å². The molecule has 88 valence electrons. The third-order valence-electron chi connectivity index (χ3n) is 2.83. The van der Waals surface area contributed by atoms with Crippen LogP contribution in [0.5, 0.6) is 0 Å². The zero-order chi connectivity index (χ0) is 11.4. The van der Waals surface area contributed by atoms with Crippen LogP contribution in [-0.4, -0.2) is 36.1 Å². The van der Waals surface area contributed by atoms with Crippen molar-refractivity contribution in [1.82, 2.24) is 9.88 Å². The van der Waals surface area contributed by atoms with Gasteiger partial charge in [0.2, 0.25) is 5.91 Å². The summed E-state index contributed by atoms with van der Waals surface area (Å²) in [7, 11) is 1.56. The van der Waals surface area contributed by atoms with E-state index in [2.05, 4.69) is 4.98 Å². The molecule has 0 saturated carbocycles. The molecule has 0 N–H and O–H groups in total. The highest BCUT2D eigenvalue weighted by Crippen LogP contribution is 2.31. The number of likely N-dealkylation sites (tertiary alicyclic amines) is 1. The zero-order valence-electron chi connectivity index (χ0n) is 9.39. The molecule has 1 atom stereocenters. The van der Waals surface area contributed by atoms with E-state index in [0.717, 1.165) is 24.4 Å². The molecule has 1 aromatic rings. The van der Waals surface area contributed by atoms with Crippen LogP contribution >= 0.6 is 11.3 Å². The fourth-order valence-corrected chi connectivity index (χ4v) is 2.88. The van der Waals surface area contributed by atoms with Gasteiger partial charge in [-0.1, -0.05) is 0 Å². The van der Waals surface area contributed by atoms with Crippen LogP contribution in [0.15, 0.2) is 11.6 Å². The Bertz CT molecular complexity index is 340. The third kappa shape index (κ3) is 2.41. The Morgan fingerprint density at radius 2 is 2.56 bits per heavy atom. The number of carbonyl (C=O) groups excluding carboxylic acids is 1. The molecule has 5 heteroatoms. The molecule has 0 unspecified atom stereocenters. The summed E-state index contributed by atoms with van der Waals surface area (Å²) in [5, 5.41) is 3.01. The number of hydrogen-bond donors (Lipinski definition) is 0. The largest absolute Gasteiger partial charge is 0.375 e. The second-order valence-electron chi connectivity index (χ2n) is 3.90. The summed E-state index contributed by atoms with van der Waals surface area (Å²) in [4.78, 5) is 18.1. The first-order valence-corrected chi connectivity index (χ1v) is 6.38. The number of nitrogens with zero attached hydrogens (tertiary/aromatic N) is 2. The van der Waals surface area contributed by atoms with Crippen molar-refractivity contribution in [1.29, 1.82) is 0 Å². The molecule has 1 fully saturated rings. The molecule has 1 amide bonds. The molecule has 0 spiro atoms. The molecule has 1 aliphatic rings. The SMILES string of the molecule is COCC(=O)N1CCCC[C@H]1c1nccs1. The minimum atomic E-state index is 0.0717. The van der Waals surface area contributed by atoms with Crippen LogP contribution < -0.4 is 0 Å². The number of piperidine rings is 1. The van der Waals surface area contributed by atoms with Gasteiger partial charge in [0.15, 0.2) is 0 Å². The normalized spacial score (nSPS) is 21.1. The fraction of sp³-hybridized carbons (Fsp3) is 0.636. The van der Waals surface area contributed by atoms with Gasteiger partial charge in [-0.05, 0) is 19.3 Å². The quantitative estimate of drug-likeness (QED) is 0.809. The van der Waals surface area contributed by atoms with E-state index in [4.69, 9.17) is 4.74 Å². The Balaban J connectivity index is 2.11. The van der Waals surface area contributed by atoms with Crippen molar-refractivity contribution in [2.45, 2.75) is 25.3 Å². The molecule has 2 heterocycles. The lowest BCUT2D eigenvalue weighted by molar-refractivity contribution is -0.139. The van der Waals surface area contributed by atoms with Crippen LogP contribution in [0.25, 0.3) is 0 Å². The Hall–Kier alpha value is -0.940. The highest BCUT2D eigenvalue weighted by molar-refractivity contribution is 7.09. The summed E-state index contributed by atoms with van der Waals surface area (Å²) in [6.45, 7) is 0.994. The first-order chi connectivity index (χ1) is 7.83. The van der Waals surface area contributed by atoms with Crippen LogP contribution in [0.1, 0.15) is 30.3 Å². The molecule has 4 nitrogen and oxygen atoms in total. The van der Waals surface area contributed by atoms with Crippen molar-refractivity contribution in [3.63, 3.8) is 0 Å². The Morgan fingerprint density at radius 3 is 3.25 bits per heavy atom. The number of methoxy groups -OCH3 is 1. The summed E-state index contributed by atoms with van der Waals surface area (Å²) in [6, 6.07) is 0.163. The number of hydrogen-bond acceptors (Lipinski definition) is 4. The van der Waals surface area contributed by atoms with E-state index in [0.29, 0.717) is 0 Å². The van der Waals surface area contributed by atoms with E-state index >= 15 is 0 Å². The number of aromatic nitrogens is 1. The van der Waals surface area contributed by atoms with Crippen molar-refractivity contribution >= 4 is 17.2 Å². The maximum Gasteiger partial charge on any atom is 0.249 e. The van der Waals surface area contributed by atoms with Gasteiger partial charge in [-0.15, -0.1) is 11.3 Å². The molecule has 0 aromatic carbocycles. The molecule has 1 aromatic heterocycles. The minimum absolute atomic E-state index is 0.0717. The Labute approximate surface area is 99.2 Å². The number of carbonyl (C=O) groups is 1. The molecule has 0 bridgehead atoms. The van der Waals surface area contributed by atoms with E-state index in [1.54, 1.807) is 24.6 Å². The average molecular weight is 240 g/mol. The van der Waals surface area contributed by atoms with Crippen LogP contribution in [0, 0.1) is 0 Å². The van der Waals surface area contributed by atoms with Crippen LogP contribution in [0.3, 0.4) is 0 Å². The van der Waals surface area contributed by atoms with Crippen LogP contribution in [0.4, 0.5) is 0 Å². The summed E-state index contributed by atoms with van der Waals surface area (Å²) in [6.07, 6.45) is 5.06. The zero-order valence-corrected chi connectivity index (χ0v) is 10.2. The molecule has 2 rings (SSSR count). The molecule has 1 saturated heterocycles. The number of rotatable bonds is 3. The Kier molecular flexibility index (Phi) is 3.90. The minimum Gasteiger partial charge on any atom is -0.375 e. The number of thiazole rings is 1. The number of amides is 1. The van der Waals surface area contributed by atoms with E-state index in [-0.39, 0.29) is 18.6 Å². The van der Waals surface area contributed by atoms with Crippen molar-refractivity contribution < 1.29 is 9.53 Å². The van der Waals surface area contributed by atoms with Crippen molar-refractivity contribution in [2.75, 3.05) is 20.3 Å². The van der Waals surface area contributed by atoms with Gasteiger partial charge in [-0.2, -0.15) is 0 Å². The van der Waals surface area contributed by atoms with Gasteiger partial charge >= 0.3 is 0 Å². The van der Waals surface area contributed by atoms with E-state index in [1.807, 2.05) is 10.3 Å². The summed E-state index contributed by atoms with van der Waals surface area (Å²) in [5.74, 6) is 0.0717. The van der Waals surface area contributed by atoms with Gasteiger partial charge in [0.25, 0.3) is 0 Å². The van der Waals surface area contributed by atoms with Crippen molar-refractivity contribution in [3.8, 4) is 0 Å². The van der Waals surface area contributed by atoms with E-state index < -0.39 is 0 Å². The first-order valence-electron chi connectivity index (χ1n) is 5.50. The van der Waals surface area contributed by atoms with Crippen LogP contribution in [-0.2, 0) is 9.53 Å². The molecular formula is C11H16N2O2S. The predicted octanol–water partition coefficient (Wildman–Crippen LogP) is 1.84. The fourth-order valence-electron chi connectivity index (χ4n) is 2.09. The lowest BCUT2D eigenvalue weighted by atomic mass is 10.0. The summed E-state index contributed by atoms with van der Waals surface area (Å²) < 4.78 is 4.91. The van der Waals surface area contributed by atoms with Gasteiger partial charge < -0.3 is 9.64 Å². The van der Waals surface area contributed by atoms with Gasteiger partial charge in [0.05, 0.1) is 6.04 Å². The molecular weight excluding hydrogens is 224 g/mol. The van der Waals surface area contributed by atoms with Crippen LogP contribution in [0.2, 0.25) is 0 Å². The maximum atomic E-state index is 11.9. The molecule has 1 aliphatic heterocycles. The lowest BCUT2D eigenvalue weighted by Crippen LogP contribution is -2.40. The third-order valence-corrected chi connectivity index (χ3v) is 3.70. The summed E-state index contributed by atoms with van der Waals surface area (Å²) >= 11 is 1.62. The standard InChI is InChI=1S/C11H16N2O2S/c1-15-8-10(14)13-6-3-2-4-9(13)11-12-5-7-16-11/h5,7,9H,2-4,6,8H2,1H3/t9-/m0/s1.